The Balaban J connectivity index is 1.57. The second-order valence-corrected chi connectivity index (χ2v) is 12.2. The highest BCUT2D eigenvalue weighted by atomic mass is 16.5. The summed E-state index contributed by atoms with van der Waals surface area (Å²) in [6.07, 6.45) is 9.29. The van der Waals surface area contributed by atoms with Gasteiger partial charge in [-0.1, -0.05) is 25.3 Å². The third-order valence-electron chi connectivity index (χ3n) is 8.17. The number of amides is 1. The van der Waals surface area contributed by atoms with E-state index in [2.05, 4.69) is 59.4 Å². The second-order valence-electron chi connectivity index (χ2n) is 12.2. The molecule has 1 aliphatic carbocycles. The molecule has 0 aromatic carbocycles. The fourth-order valence-corrected chi connectivity index (χ4v) is 6.14. The molecular weight excluding hydrogens is 476 g/mol. The zero-order chi connectivity index (χ0) is 26.9. The lowest BCUT2D eigenvalue weighted by atomic mass is 9.89. The van der Waals surface area contributed by atoms with Crippen LogP contribution in [0.25, 0.3) is 16.9 Å². The Labute approximate surface area is 226 Å². The molecule has 1 unspecified atom stereocenters. The molecule has 3 aromatic rings. The van der Waals surface area contributed by atoms with Gasteiger partial charge in [-0.15, -0.1) is 0 Å². The third kappa shape index (κ3) is 5.85. The van der Waals surface area contributed by atoms with Crippen LogP contribution in [0.5, 0.6) is 0 Å². The van der Waals surface area contributed by atoms with Crippen molar-refractivity contribution < 1.29 is 14.6 Å². The zero-order valence-electron chi connectivity index (χ0n) is 23.4. The Kier molecular flexibility index (Phi) is 7.98. The number of aliphatic hydroxyl groups excluding tert-OH is 1. The van der Waals surface area contributed by atoms with Crippen molar-refractivity contribution in [2.24, 2.45) is 5.92 Å². The van der Waals surface area contributed by atoms with Gasteiger partial charge < -0.3 is 24.1 Å². The van der Waals surface area contributed by atoms with Crippen LogP contribution in [0.1, 0.15) is 93.6 Å². The number of nitrogens with zero attached hydrogens (tertiary/aromatic N) is 2. The third-order valence-corrected chi connectivity index (χ3v) is 8.17. The van der Waals surface area contributed by atoms with Gasteiger partial charge in [-0.25, -0.2) is 0 Å². The van der Waals surface area contributed by atoms with E-state index in [0.29, 0.717) is 19.1 Å². The molecular formula is C31H44N4O3. The molecule has 0 radical (unpaired) electrons. The summed E-state index contributed by atoms with van der Waals surface area (Å²) in [6.45, 7) is 10.5. The molecule has 38 heavy (non-hydrogen) atoms. The topological polar surface area (TPSA) is 79.9 Å². The van der Waals surface area contributed by atoms with Gasteiger partial charge in [0.1, 0.15) is 6.23 Å². The number of ether oxygens (including phenoxy) is 1. The van der Waals surface area contributed by atoms with Crippen molar-refractivity contribution >= 4 is 11.4 Å². The van der Waals surface area contributed by atoms with Crippen molar-refractivity contribution in [3.05, 3.63) is 53.3 Å². The summed E-state index contributed by atoms with van der Waals surface area (Å²) in [5.41, 5.74) is 5.33. The Bertz CT molecular complexity index is 1260. The fourth-order valence-electron chi connectivity index (χ4n) is 6.14. The molecule has 1 saturated carbocycles. The molecule has 7 heteroatoms. The molecule has 2 fully saturated rings. The highest BCUT2D eigenvalue weighted by Gasteiger charge is 2.27. The van der Waals surface area contributed by atoms with Crippen molar-refractivity contribution in [2.45, 2.75) is 97.0 Å². The highest BCUT2D eigenvalue weighted by Crippen LogP contribution is 2.35. The van der Waals surface area contributed by atoms with E-state index in [0.717, 1.165) is 53.1 Å². The van der Waals surface area contributed by atoms with Crippen LogP contribution in [-0.2, 0) is 11.3 Å². The van der Waals surface area contributed by atoms with Crippen molar-refractivity contribution in [3.8, 4) is 11.4 Å². The number of rotatable bonds is 7. The van der Waals surface area contributed by atoms with Crippen LogP contribution in [0.3, 0.4) is 0 Å². The minimum absolute atomic E-state index is 0.00596. The van der Waals surface area contributed by atoms with Crippen molar-refractivity contribution in [1.29, 1.82) is 0 Å². The average molecular weight is 521 g/mol. The summed E-state index contributed by atoms with van der Waals surface area (Å²) in [5, 5.41) is 17.8. The van der Waals surface area contributed by atoms with Crippen LogP contribution >= 0.6 is 0 Å². The molecule has 1 saturated heterocycles. The number of pyridine rings is 1. The summed E-state index contributed by atoms with van der Waals surface area (Å²) in [6, 6.07) is 10.4. The summed E-state index contributed by atoms with van der Waals surface area (Å²) < 4.78 is 9.99. The van der Waals surface area contributed by atoms with E-state index >= 15 is 0 Å². The highest BCUT2D eigenvalue weighted by molar-refractivity contribution is 5.97. The smallest absolute Gasteiger partial charge is 0.253 e. The first-order valence-corrected chi connectivity index (χ1v) is 14.4. The maximum absolute atomic E-state index is 13.5. The van der Waals surface area contributed by atoms with E-state index in [9.17, 15) is 9.90 Å². The first-order chi connectivity index (χ1) is 18.2. The van der Waals surface area contributed by atoms with Gasteiger partial charge in [-0.3, -0.25) is 10.1 Å². The van der Waals surface area contributed by atoms with Crippen molar-refractivity contribution in [1.82, 2.24) is 19.6 Å². The quantitative estimate of drug-likeness (QED) is 0.355. The Hall–Kier alpha value is -2.61. The van der Waals surface area contributed by atoms with Gasteiger partial charge in [0.25, 0.3) is 5.91 Å². The molecule has 7 nitrogen and oxygen atoms in total. The van der Waals surface area contributed by atoms with E-state index < -0.39 is 6.23 Å². The minimum atomic E-state index is -0.805. The number of aliphatic hydroxyl groups is 1. The van der Waals surface area contributed by atoms with Gasteiger partial charge in [-0.2, -0.15) is 0 Å². The summed E-state index contributed by atoms with van der Waals surface area (Å²) in [4.78, 5) is 13.5. The number of fused-ring (bicyclic) bond motifs is 1. The summed E-state index contributed by atoms with van der Waals surface area (Å²) in [5.74, 6) is 0.604. The van der Waals surface area contributed by atoms with Crippen LogP contribution in [0.2, 0.25) is 0 Å². The standard InChI is InChI=1S/C31H44N4O3/c1-21-24(29(36)32-23-13-16-38-17-14-23)18-28(35(21)20-22-10-6-5-7-11-22)27-19-25(30(37)33-31(2,3)4)26-12-8-9-15-34(26)27/h8-9,12,15,18-19,22-23,30,33,37H,5-7,10-11,13-14,16-17,20H2,1-4H3,(H,32,36). The monoisotopic (exact) mass is 520 g/mol. The maximum atomic E-state index is 13.5. The Morgan fingerprint density at radius 1 is 1.08 bits per heavy atom. The number of nitrogens with one attached hydrogen (secondary N) is 2. The fraction of sp³-hybridized carbons (Fsp3) is 0.581. The van der Waals surface area contributed by atoms with Crippen molar-refractivity contribution in [3.63, 3.8) is 0 Å². The van der Waals surface area contributed by atoms with Gasteiger partial charge >= 0.3 is 0 Å². The number of hydrogen-bond acceptors (Lipinski definition) is 4. The second kappa shape index (κ2) is 11.2. The molecule has 5 rings (SSSR count). The van der Waals surface area contributed by atoms with Gasteiger partial charge in [0.05, 0.1) is 22.5 Å². The summed E-state index contributed by atoms with van der Waals surface area (Å²) >= 11 is 0. The van der Waals surface area contributed by atoms with Crippen LogP contribution < -0.4 is 10.6 Å². The van der Waals surface area contributed by atoms with Gasteiger partial charge in [0.15, 0.2) is 0 Å². The van der Waals surface area contributed by atoms with Crippen LogP contribution in [0.4, 0.5) is 0 Å². The SMILES string of the molecule is Cc1c(C(=O)NC2CCOCC2)cc(-c2cc(C(O)NC(C)(C)C)c3ccccn23)n1CC1CCCCC1. The Morgan fingerprint density at radius 3 is 2.53 bits per heavy atom. The van der Waals surface area contributed by atoms with Crippen LogP contribution in [0, 0.1) is 12.8 Å². The van der Waals surface area contributed by atoms with Gasteiger partial charge in [0.2, 0.25) is 0 Å². The predicted molar refractivity (Wildman–Crippen MR) is 151 cm³/mol. The molecule has 0 bridgehead atoms. The number of aromatic nitrogens is 2. The first-order valence-electron chi connectivity index (χ1n) is 14.4. The molecule has 3 N–H and O–H groups in total. The normalized spacial score (nSPS) is 18.7. The molecule has 206 valence electrons. The predicted octanol–water partition coefficient (Wildman–Crippen LogP) is 5.58. The lowest BCUT2D eigenvalue weighted by Gasteiger charge is -2.25. The lowest BCUT2D eigenvalue weighted by molar-refractivity contribution is 0.0696. The largest absolute Gasteiger partial charge is 0.381 e. The Morgan fingerprint density at radius 2 is 1.82 bits per heavy atom. The number of carbonyl (C=O) groups excluding carboxylic acids is 1. The molecule has 1 amide bonds. The first kappa shape index (κ1) is 27.0. The number of hydrogen-bond donors (Lipinski definition) is 3. The lowest BCUT2D eigenvalue weighted by Crippen LogP contribution is -2.39. The van der Waals surface area contributed by atoms with E-state index in [1.54, 1.807) is 0 Å². The van der Waals surface area contributed by atoms with E-state index in [1.165, 1.54) is 32.1 Å². The number of carbonyl (C=O) groups is 1. The maximum Gasteiger partial charge on any atom is 0.253 e. The van der Waals surface area contributed by atoms with Crippen molar-refractivity contribution in [2.75, 3.05) is 13.2 Å². The van der Waals surface area contributed by atoms with E-state index in [1.807, 2.05) is 24.4 Å². The minimum Gasteiger partial charge on any atom is -0.381 e. The molecule has 0 spiro atoms. The summed E-state index contributed by atoms with van der Waals surface area (Å²) in [7, 11) is 0. The van der Waals surface area contributed by atoms with Gasteiger partial charge in [0, 0.05) is 48.8 Å². The van der Waals surface area contributed by atoms with E-state index in [4.69, 9.17) is 4.74 Å². The molecule has 1 atom stereocenters. The molecule has 2 aliphatic rings. The average Bonchev–Trinajstić information content (AvgIpc) is 3.42. The van der Waals surface area contributed by atoms with Crippen LogP contribution in [0.15, 0.2) is 36.5 Å². The zero-order valence-corrected chi connectivity index (χ0v) is 23.4. The van der Waals surface area contributed by atoms with Gasteiger partial charge in [-0.05, 0) is 83.6 Å². The molecule has 1 aliphatic heterocycles. The molecule has 3 aromatic heterocycles. The molecule has 4 heterocycles. The van der Waals surface area contributed by atoms with E-state index in [-0.39, 0.29) is 17.5 Å². The van der Waals surface area contributed by atoms with Crippen LogP contribution in [-0.4, -0.2) is 44.8 Å².